The molecule has 0 aliphatic carbocycles. The molecule has 0 aromatic heterocycles. The Hall–Kier alpha value is -1.26. The van der Waals surface area contributed by atoms with Gasteiger partial charge in [0.1, 0.15) is 0 Å². The standard InChI is InChI=1S/C15H26N2O2/c1-11-9-14(18-5)15(19-6)10-12(11)13(17(3)4)7-8-16-2/h9-10,13,16H,7-8H2,1-6H3. The highest BCUT2D eigenvalue weighted by Gasteiger charge is 2.18. The maximum atomic E-state index is 5.41. The molecule has 0 aliphatic rings. The Balaban J connectivity index is 3.15. The number of methoxy groups -OCH3 is 2. The first-order valence-electron chi connectivity index (χ1n) is 6.58. The van der Waals surface area contributed by atoms with Crippen LogP contribution in [0.1, 0.15) is 23.6 Å². The Kier molecular flexibility index (Phi) is 6.12. The summed E-state index contributed by atoms with van der Waals surface area (Å²) in [4.78, 5) is 2.24. The molecule has 0 saturated carbocycles. The summed E-state index contributed by atoms with van der Waals surface area (Å²) in [5.74, 6) is 1.58. The zero-order valence-electron chi connectivity index (χ0n) is 12.9. The number of nitrogens with zero attached hydrogens (tertiary/aromatic N) is 1. The van der Waals surface area contributed by atoms with Crippen LogP contribution in [0.25, 0.3) is 0 Å². The summed E-state index contributed by atoms with van der Waals surface area (Å²) in [6, 6.07) is 4.51. The van der Waals surface area contributed by atoms with Gasteiger partial charge in [-0.05, 0) is 64.3 Å². The maximum absolute atomic E-state index is 5.41. The molecule has 1 N–H and O–H groups in total. The Labute approximate surface area is 116 Å². The molecule has 0 spiro atoms. The summed E-state index contributed by atoms with van der Waals surface area (Å²) in [7, 11) is 9.54. The first-order valence-corrected chi connectivity index (χ1v) is 6.58. The molecule has 1 rings (SSSR count). The van der Waals surface area contributed by atoms with Crippen molar-refractivity contribution in [3.05, 3.63) is 23.3 Å². The molecular weight excluding hydrogens is 240 g/mol. The van der Waals surface area contributed by atoms with Crippen LogP contribution in [-0.2, 0) is 0 Å². The number of ether oxygens (including phenoxy) is 2. The van der Waals surface area contributed by atoms with Crippen molar-refractivity contribution in [2.75, 3.05) is 41.9 Å². The second kappa shape index (κ2) is 7.36. The number of aryl methyl sites for hydroxylation is 1. The Morgan fingerprint density at radius 2 is 1.74 bits per heavy atom. The van der Waals surface area contributed by atoms with Crippen molar-refractivity contribution in [1.82, 2.24) is 10.2 Å². The van der Waals surface area contributed by atoms with Crippen molar-refractivity contribution in [3.8, 4) is 11.5 Å². The van der Waals surface area contributed by atoms with E-state index in [1.165, 1.54) is 11.1 Å². The zero-order valence-corrected chi connectivity index (χ0v) is 12.9. The van der Waals surface area contributed by atoms with Gasteiger partial charge in [0.2, 0.25) is 0 Å². The van der Waals surface area contributed by atoms with Crippen molar-refractivity contribution in [2.24, 2.45) is 0 Å². The predicted octanol–water partition coefficient (Wildman–Crippen LogP) is 2.22. The van der Waals surface area contributed by atoms with Gasteiger partial charge in [0.25, 0.3) is 0 Å². The van der Waals surface area contributed by atoms with E-state index in [0.717, 1.165) is 24.5 Å². The molecule has 0 saturated heterocycles. The monoisotopic (exact) mass is 266 g/mol. The molecule has 4 nitrogen and oxygen atoms in total. The minimum Gasteiger partial charge on any atom is -0.493 e. The van der Waals surface area contributed by atoms with E-state index in [1.54, 1.807) is 14.2 Å². The molecule has 0 amide bonds. The van der Waals surface area contributed by atoms with Crippen LogP contribution in [0.5, 0.6) is 11.5 Å². The number of benzene rings is 1. The van der Waals surface area contributed by atoms with Gasteiger partial charge in [-0.15, -0.1) is 0 Å². The van der Waals surface area contributed by atoms with Crippen LogP contribution in [0.4, 0.5) is 0 Å². The van der Waals surface area contributed by atoms with Gasteiger partial charge in [-0.2, -0.15) is 0 Å². The highest BCUT2D eigenvalue weighted by atomic mass is 16.5. The van der Waals surface area contributed by atoms with E-state index >= 15 is 0 Å². The fourth-order valence-electron chi connectivity index (χ4n) is 2.33. The molecule has 1 aromatic carbocycles. The first kappa shape index (κ1) is 15.8. The molecule has 0 heterocycles. The van der Waals surface area contributed by atoms with E-state index in [-0.39, 0.29) is 0 Å². The van der Waals surface area contributed by atoms with Gasteiger partial charge >= 0.3 is 0 Å². The van der Waals surface area contributed by atoms with Gasteiger partial charge < -0.3 is 19.7 Å². The van der Waals surface area contributed by atoms with Crippen molar-refractivity contribution in [2.45, 2.75) is 19.4 Å². The van der Waals surface area contributed by atoms with Crippen LogP contribution in [0.15, 0.2) is 12.1 Å². The van der Waals surface area contributed by atoms with E-state index < -0.39 is 0 Å². The lowest BCUT2D eigenvalue weighted by Gasteiger charge is -2.27. The largest absolute Gasteiger partial charge is 0.493 e. The number of rotatable bonds is 7. The molecule has 0 aliphatic heterocycles. The molecule has 4 heteroatoms. The van der Waals surface area contributed by atoms with Crippen LogP contribution in [0.2, 0.25) is 0 Å². The lowest BCUT2D eigenvalue weighted by Crippen LogP contribution is -2.24. The molecule has 108 valence electrons. The van der Waals surface area contributed by atoms with E-state index in [9.17, 15) is 0 Å². The van der Waals surface area contributed by atoms with Gasteiger partial charge in [0.15, 0.2) is 11.5 Å². The third-order valence-corrected chi connectivity index (χ3v) is 3.42. The lowest BCUT2D eigenvalue weighted by atomic mass is 9.97. The highest BCUT2D eigenvalue weighted by Crippen LogP contribution is 2.35. The van der Waals surface area contributed by atoms with Crippen molar-refractivity contribution in [3.63, 3.8) is 0 Å². The summed E-state index contributed by atoms with van der Waals surface area (Å²) in [6.45, 7) is 3.10. The van der Waals surface area contributed by atoms with Crippen LogP contribution in [0.3, 0.4) is 0 Å². The maximum Gasteiger partial charge on any atom is 0.161 e. The third-order valence-electron chi connectivity index (χ3n) is 3.42. The van der Waals surface area contributed by atoms with Gasteiger partial charge in [0.05, 0.1) is 14.2 Å². The highest BCUT2D eigenvalue weighted by molar-refractivity contribution is 5.48. The van der Waals surface area contributed by atoms with Crippen LogP contribution < -0.4 is 14.8 Å². The second-order valence-electron chi connectivity index (χ2n) is 4.94. The van der Waals surface area contributed by atoms with E-state index in [0.29, 0.717) is 6.04 Å². The average molecular weight is 266 g/mol. The molecule has 0 fully saturated rings. The molecular formula is C15H26N2O2. The number of hydrogen-bond acceptors (Lipinski definition) is 4. The number of nitrogens with one attached hydrogen (secondary N) is 1. The summed E-state index contributed by atoms with van der Waals surface area (Å²) in [5, 5.41) is 3.21. The molecule has 0 bridgehead atoms. The fraction of sp³-hybridized carbons (Fsp3) is 0.600. The summed E-state index contributed by atoms with van der Waals surface area (Å²) < 4.78 is 10.7. The Bertz CT molecular complexity index is 405. The summed E-state index contributed by atoms with van der Waals surface area (Å²) in [5.41, 5.74) is 2.52. The van der Waals surface area contributed by atoms with E-state index in [4.69, 9.17) is 9.47 Å². The lowest BCUT2D eigenvalue weighted by molar-refractivity contribution is 0.280. The van der Waals surface area contributed by atoms with E-state index in [2.05, 4.69) is 37.3 Å². The Morgan fingerprint density at radius 1 is 1.16 bits per heavy atom. The minimum atomic E-state index is 0.368. The van der Waals surface area contributed by atoms with Gasteiger partial charge in [0, 0.05) is 6.04 Å². The van der Waals surface area contributed by atoms with Crippen molar-refractivity contribution < 1.29 is 9.47 Å². The fourth-order valence-corrected chi connectivity index (χ4v) is 2.33. The molecule has 19 heavy (non-hydrogen) atoms. The van der Waals surface area contributed by atoms with Crippen LogP contribution in [0, 0.1) is 6.92 Å². The second-order valence-corrected chi connectivity index (χ2v) is 4.94. The van der Waals surface area contributed by atoms with E-state index in [1.807, 2.05) is 13.1 Å². The quantitative estimate of drug-likeness (QED) is 0.820. The predicted molar refractivity (Wildman–Crippen MR) is 79.3 cm³/mol. The zero-order chi connectivity index (χ0) is 14.4. The van der Waals surface area contributed by atoms with Crippen molar-refractivity contribution in [1.29, 1.82) is 0 Å². The van der Waals surface area contributed by atoms with Crippen molar-refractivity contribution >= 4 is 0 Å². The van der Waals surface area contributed by atoms with Gasteiger partial charge in [-0.1, -0.05) is 0 Å². The first-order chi connectivity index (χ1) is 9.04. The SMILES string of the molecule is CNCCC(c1cc(OC)c(OC)cc1C)N(C)C. The molecule has 1 atom stereocenters. The molecule has 0 radical (unpaired) electrons. The molecule has 1 aromatic rings. The summed E-state index contributed by atoms with van der Waals surface area (Å²) in [6.07, 6.45) is 1.06. The Morgan fingerprint density at radius 3 is 2.21 bits per heavy atom. The van der Waals surface area contributed by atoms with Crippen LogP contribution >= 0.6 is 0 Å². The third kappa shape index (κ3) is 3.85. The number of hydrogen-bond donors (Lipinski definition) is 1. The normalized spacial score (nSPS) is 12.6. The van der Waals surface area contributed by atoms with Gasteiger partial charge in [-0.3, -0.25) is 0 Å². The van der Waals surface area contributed by atoms with Crippen LogP contribution in [-0.4, -0.2) is 46.8 Å². The smallest absolute Gasteiger partial charge is 0.161 e. The minimum absolute atomic E-state index is 0.368. The average Bonchev–Trinajstić information content (AvgIpc) is 2.39. The summed E-state index contributed by atoms with van der Waals surface area (Å²) >= 11 is 0. The topological polar surface area (TPSA) is 33.7 Å². The van der Waals surface area contributed by atoms with Gasteiger partial charge in [-0.25, -0.2) is 0 Å². The molecule has 1 unspecified atom stereocenters.